The van der Waals surface area contributed by atoms with E-state index in [9.17, 15) is 0 Å². The monoisotopic (exact) mass is 367 g/mol. The molecule has 0 aliphatic carbocycles. The van der Waals surface area contributed by atoms with Crippen LogP contribution in [0.1, 0.15) is 24.4 Å². The van der Waals surface area contributed by atoms with Gasteiger partial charge in [-0.05, 0) is 37.1 Å². The van der Waals surface area contributed by atoms with Gasteiger partial charge in [0.15, 0.2) is 11.5 Å². The molecule has 0 radical (unpaired) electrons. The third kappa shape index (κ3) is 2.54. The topological polar surface area (TPSA) is 47.5 Å². The van der Waals surface area contributed by atoms with E-state index in [1.807, 2.05) is 30.3 Å². The quantitative estimate of drug-likeness (QED) is 0.672. The van der Waals surface area contributed by atoms with E-state index in [4.69, 9.17) is 21.1 Å². The van der Waals surface area contributed by atoms with E-state index in [0.29, 0.717) is 18.2 Å². The smallest absolute Gasteiger partial charge is 0.166 e. The SMILES string of the molecule is Clc1ccc2c(N3CCCC3c3cccc4c3OCCO4)ncnc2c1. The van der Waals surface area contributed by atoms with Gasteiger partial charge in [0.2, 0.25) is 0 Å². The molecule has 2 aliphatic heterocycles. The second kappa shape index (κ2) is 6.32. The Morgan fingerprint density at radius 3 is 2.96 bits per heavy atom. The molecule has 3 aromatic rings. The summed E-state index contributed by atoms with van der Waals surface area (Å²) in [4.78, 5) is 11.3. The van der Waals surface area contributed by atoms with E-state index >= 15 is 0 Å². The van der Waals surface area contributed by atoms with E-state index < -0.39 is 0 Å². The lowest BCUT2D eigenvalue weighted by Crippen LogP contribution is -2.25. The first-order chi connectivity index (χ1) is 12.8. The van der Waals surface area contributed by atoms with Crippen molar-refractivity contribution in [1.82, 2.24) is 9.97 Å². The van der Waals surface area contributed by atoms with Crippen molar-refractivity contribution in [2.45, 2.75) is 18.9 Å². The van der Waals surface area contributed by atoms with Crippen molar-refractivity contribution < 1.29 is 9.47 Å². The molecule has 1 saturated heterocycles. The lowest BCUT2D eigenvalue weighted by Gasteiger charge is -2.30. The van der Waals surface area contributed by atoms with Crippen molar-refractivity contribution in [1.29, 1.82) is 0 Å². The molecule has 2 aromatic carbocycles. The molecular formula is C20H18ClN3O2. The van der Waals surface area contributed by atoms with Gasteiger partial charge in [-0.3, -0.25) is 0 Å². The van der Waals surface area contributed by atoms with Crippen LogP contribution in [0.15, 0.2) is 42.7 Å². The number of para-hydroxylation sites is 1. The molecule has 0 spiro atoms. The predicted molar refractivity (Wildman–Crippen MR) is 101 cm³/mol. The summed E-state index contributed by atoms with van der Waals surface area (Å²) in [6.07, 6.45) is 3.77. The molecular weight excluding hydrogens is 350 g/mol. The molecule has 1 atom stereocenters. The minimum Gasteiger partial charge on any atom is -0.486 e. The number of hydrogen-bond donors (Lipinski definition) is 0. The third-order valence-electron chi connectivity index (χ3n) is 5.06. The Hall–Kier alpha value is -2.53. The summed E-state index contributed by atoms with van der Waals surface area (Å²) in [7, 11) is 0. The van der Waals surface area contributed by atoms with Crippen LogP contribution in [0.3, 0.4) is 0 Å². The fourth-order valence-electron chi connectivity index (χ4n) is 3.95. The number of halogens is 1. The number of anilines is 1. The van der Waals surface area contributed by atoms with E-state index in [1.165, 1.54) is 5.56 Å². The molecule has 0 amide bonds. The molecule has 1 aromatic heterocycles. The zero-order valence-corrected chi connectivity index (χ0v) is 14.9. The van der Waals surface area contributed by atoms with Gasteiger partial charge in [-0.15, -0.1) is 0 Å². The average Bonchev–Trinajstić information content (AvgIpc) is 3.16. The molecule has 132 valence electrons. The number of rotatable bonds is 2. The normalized spacial score (nSPS) is 19.1. The van der Waals surface area contributed by atoms with Gasteiger partial charge in [-0.2, -0.15) is 0 Å². The van der Waals surface area contributed by atoms with Gasteiger partial charge in [0.25, 0.3) is 0 Å². The van der Waals surface area contributed by atoms with Crippen molar-refractivity contribution in [3.63, 3.8) is 0 Å². The van der Waals surface area contributed by atoms with Crippen molar-refractivity contribution >= 4 is 28.3 Å². The van der Waals surface area contributed by atoms with Gasteiger partial charge < -0.3 is 14.4 Å². The molecule has 3 heterocycles. The van der Waals surface area contributed by atoms with Crippen molar-refractivity contribution in [2.75, 3.05) is 24.7 Å². The van der Waals surface area contributed by atoms with Gasteiger partial charge >= 0.3 is 0 Å². The van der Waals surface area contributed by atoms with Crippen LogP contribution in [0, 0.1) is 0 Å². The van der Waals surface area contributed by atoms with E-state index in [0.717, 1.165) is 47.6 Å². The standard InChI is InChI=1S/C20H18ClN3O2/c21-13-6-7-14-16(11-13)22-12-23-20(14)24-8-2-4-17(24)15-3-1-5-18-19(15)26-10-9-25-18/h1,3,5-7,11-12,17H,2,4,8-10H2. The first kappa shape index (κ1) is 15.7. The van der Waals surface area contributed by atoms with E-state index in [2.05, 4.69) is 20.9 Å². The fraction of sp³-hybridized carbons (Fsp3) is 0.300. The Morgan fingerprint density at radius 1 is 1.08 bits per heavy atom. The van der Waals surface area contributed by atoms with Gasteiger partial charge in [-0.25, -0.2) is 9.97 Å². The van der Waals surface area contributed by atoms with Crippen LogP contribution in [0.5, 0.6) is 11.5 Å². The number of hydrogen-bond acceptors (Lipinski definition) is 5. The molecule has 0 N–H and O–H groups in total. The van der Waals surface area contributed by atoms with Crippen LogP contribution in [-0.2, 0) is 0 Å². The largest absolute Gasteiger partial charge is 0.486 e. The first-order valence-electron chi connectivity index (χ1n) is 8.87. The van der Waals surface area contributed by atoms with Crippen LogP contribution < -0.4 is 14.4 Å². The lowest BCUT2D eigenvalue weighted by molar-refractivity contribution is 0.169. The predicted octanol–water partition coefficient (Wildman–Crippen LogP) is 4.40. The Balaban J connectivity index is 1.61. The van der Waals surface area contributed by atoms with Crippen LogP contribution in [0.4, 0.5) is 5.82 Å². The van der Waals surface area contributed by atoms with Crippen LogP contribution >= 0.6 is 11.6 Å². The fourth-order valence-corrected chi connectivity index (χ4v) is 4.11. The summed E-state index contributed by atoms with van der Waals surface area (Å²) in [5.74, 6) is 2.65. The average molecular weight is 368 g/mol. The third-order valence-corrected chi connectivity index (χ3v) is 5.29. The maximum atomic E-state index is 6.13. The summed E-state index contributed by atoms with van der Waals surface area (Å²) in [6.45, 7) is 2.14. The van der Waals surface area contributed by atoms with Crippen molar-refractivity contribution in [3.05, 3.63) is 53.3 Å². The van der Waals surface area contributed by atoms with Gasteiger partial charge in [0.1, 0.15) is 25.4 Å². The van der Waals surface area contributed by atoms with Crippen LogP contribution in [0.25, 0.3) is 10.9 Å². The summed E-state index contributed by atoms with van der Waals surface area (Å²) in [5.41, 5.74) is 2.03. The number of benzene rings is 2. The number of aromatic nitrogens is 2. The Morgan fingerprint density at radius 2 is 2.00 bits per heavy atom. The Labute approximate surface area is 156 Å². The van der Waals surface area contributed by atoms with Crippen LogP contribution in [0.2, 0.25) is 5.02 Å². The first-order valence-corrected chi connectivity index (χ1v) is 9.24. The summed E-state index contributed by atoms with van der Waals surface area (Å²) < 4.78 is 11.7. The van der Waals surface area contributed by atoms with Crippen molar-refractivity contribution in [2.24, 2.45) is 0 Å². The second-order valence-electron chi connectivity index (χ2n) is 6.58. The zero-order valence-electron chi connectivity index (χ0n) is 14.2. The van der Waals surface area contributed by atoms with Gasteiger partial charge in [0, 0.05) is 22.5 Å². The van der Waals surface area contributed by atoms with Gasteiger partial charge in [0.05, 0.1) is 11.6 Å². The maximum Gasteiger partial charge on any atom is 0.166 e. The lowest BCUT2D eigenvalue weighted by atomic mass is 10.0. The zero-order chi connectivity index (χ0) is 17.5. The minimum absolute atomic E-state index is 0.209. The van der Waals surface area contributed by atoms with Crippen LogP contribution in [-0.4, -0.2) is 29.7 Å². The molecule has 26 heavy (non-hydrogen) atoms. The Kier molecular flexibility index (Phi) is 3.82. The highest BCUT2D eigenvalue weighted by Gasteiger charge is 2.32. The summed E-state index contributed by atoms with van der Waals surface area (Å²) in [5, 5.41) is 1.70. The maximum absolute atomic E-state index is 6.13. The van der Waals surface area contributed by atoms with E-state index in [-0.39, 0.29) is 6.04 Å². The second-order valence-corrected chi connectivity index (χ2v) is 7.02. The molecule has 0 saturated carbocycles. The molecule has 1 unspecified atom stereocenters. The minimum atomic E-state index is 0.209. The molecule has 6 heteroatoms. The highest BCUT2D eigenvalue weighted by Crippen LogP contribution is 2.45. The molecule has 0 bridgehead atoms. The Bertz CT molecular complexity index is 978. The number of fused-ring (bicyclic) bond motifs is 2. The molecule has 5 rings (SSSR count). The number of nitrogens with zero attached hydrogens (tertiary/aromatic N) is 3. The summed E-state index contributed by atoms with van der Waals surface area (Å²) in [6, 6.07) is 12.1. The van der Waals surface area contributed by atoms with Gasteiger partial charge in [-0.1, -0.05) is 23.7 Å². The van der Waals surface area contributed by atoms with E-state index in [1.54, 1.807) is 6.33 Å². The molecule has 2 aliphatic rings. The summed E-state index contributed by atoms with van der Waals surface area (Å²) >= 11 is 6.13. The van der Waals surface area contributed by atoms with Crippen molar-refractivity contribution in [3.8, 4) is 11.5 Å². The highest BCUT2D eigenvalue weighted by molar-refractivity contribution is 6.31. The number of ether oxygens (including phenoxy) is 2. The molecule has 5 nitrogen and oxygen atoms in total. The molecule has 1 fully saturated rings. The highest BCUT2D eigenvalue weighted by atomic mass is 35.5.